The number of rotatable bonds is 3. The summed E-state index contributed by atoms with van der Waals surface area (Å²) in [6.45, 7) is 0. The summed E-state index contributed by atoms with van der Waals surface area (Å²) in [5.74, 6) is -0.211. The molecule has 0 aromatic carbocycles. The predicted octanol–water partition coefficient (Wildman–Crippen LogP) is 1.05. The Hall–Kier alpha value is -0.180. The van der Waals surface area contributed by atoms with E-state index in [9.17, 15) is 4.79 Å². The molecule has 0 aromatic rings. The van der Waals surface area contributed by atoms with Crippen LogP contribution in [0, 0.1) is 0 Å². The van der Waals surface area contributed by atoms with Crippen molar-refractivity contribution in [3.63, 3.8) is 0 Å². The molecule has 0 heterocycles. The average molecular weight is 119 g/mol. The van der Waals surface area contributed by atoms with Gasteiger partial charge < -0.3 is 5.11 Å². The summed E-state index contributed by atoms with van der Waals surface area (Å²) in [5.41, 5.74) is 0. The molecule has 0 atom stereocenters. The third-order valence-electron chi connectivity index (χ3n) is 0.535. The van der Waals surface area contributed by atoms with Crippen molar-refractivity contribution in [3.8, 4) is 0 Å². The standard InChI is InChI=1S/C4H7O2S/c5-4(6)2-1-3-7/h1-3H2,(H,5,6). The zero-order valence-corrected chi connectivity index (χ0v) is 4.70. The van der Waals surface area contributed by atoms with Crippen LogP contribution in [-0.2, 0) is 4.79 Å². The molecular weight excluding hydrogens is 112 g/mol. The van der Waals surface area contributed by atoms with Crippen LogP contribution in [0.5, 0.6) is 0 Å². The summed E-state index contributed by atoms with van der Waals surface area (Å²) in [6, 6.07) is 0. The number of carboxylic acids is 1. The molecule has 0 amide bonds. The lowest BCUT2D eigenvalue weighted by Crippen LogP contribution is -1.93. The topological polar surface area (TPSA) is 37.3 Å². The van der Waals surface area contributed by atoms with Gasteiger partial charge in [-0.05, 0) is 6.42 Å². The minimum absolute atomic E-state index is 0.212. The van der Waals surface area contributed by atoms with Crippen LogP contribution in [0.15, 0.2) is 0 Å². The first-order valence-corrected chi connectivity index (χ1v) is 2.65. The molecule has 0 unspecified atom stereocenters. The fraction of sp³-hybridized carbons (Fsp3) is 0.750. The third-order valence-corrected chi connectivity index (χ3v) is 0.824. The van der Waals surface area contributed by atoms with Gasteiger partial charge in [0.1, 0.15) is 0 Å². The summed E-state index contributed by atoms with van der Waals surface area (Å²) < 4.78 is 0. The molecule has 1 radical (unpaired) electrons. The van der Waals surface area contributed by atoms with Crippen LogP contribution < -0.4 is 0 Å². The van der Waals surface area contributed by atoms with Crippen molar-refractivity contribution in [1.29, 1.82) is 0 Å². The van der Waals surface area contributed by atoms with Crippen LogP contribution in [0.1, 0.15) is 12.8 Å². The maximum absolute atomic E-state index is 9.71. The van der Waals surface area contributed by atoms with Gasteiger partial charge in [-0.3, -0.25) is 4.79 Å². The van der Waals surface area contributed by atoms with Crippen LogP contribution in [0.4, 0.5) is 0 Å². The summed E-state index contributed by atoms with van der Waals surface area (Å²) in [5, 5.41) is 8.00. The van der Waals surface area contributed by atoms with Crippen LogP contribution in [0.2, 0.25) is 0 Å². The Bertz CT molecular complexity index is 62.7. The predicted molar refractivity (Wildman–Crippen MR) is 29.3 cm³/mol. The highest BCUT2D eigenvalue weighted by atomic mass is 32.1. The summed E-state index contributed by atoms with van der Waals surface area (Å²) in [6.07, 6.45) is 0.828. The van der Waals surface area contributed by atoms with Crippen LogP contribution in [0.3, 0.4) is 0 Å². The van der Waals surface area contributed by atoms with E-state index in [1.807, 2.05) is 0 Å². The monoisotopic (exact) mass is 119 g/mol. The lowest BCUT2D eigenvalue weighted by molar-refractivity contribution is -0.137. The van der Waals surface area contributed by atoms with E-state index in [4.69, 9.17) is 5.11 Å². The summed E-state index contributed by atoms with van der Waals surface area (Å²) in [4.78, 5) is 9.71. The number of hydrogen-bond acceptors (Lipinski definition) is 1. The van der Waals surface area contributed by atoms with E-state index in [1.165, 1.54) is 0 Å². The molecule has 0 aromatic heterocycles. The van der Waals surface area contributed by atoms with E-state index in [-0.39, 0.29) is 6.42 Å². The van der Waals surface area contributed by atoms with Crippen molar-refractivity contribution >= 4 is 18.6 Å². The Morgan fingerprint density at radius 3 is 2.43 bits per heavy atom. The summed E-state index contributed by atoms with van der Waals surface area (Å²) in [7, 11) is 0. The van der Waals surface area contributed by atoms with E-state index in [1.54, 1.807) is 0 Å². The highest BCUT2D eigenvalue weighted by molar-refractivity contribution is 7.80. The quantitative estimate of drug-likeness (QED) is 0.603. The molecule has 3 heteroatoms. The van der Waals surface area contributed by atoms with Gasteiger partial charge in [0, 0.05) is 12.2 Å². The minimum Gasteiger partial charge on any atom is -0.481 e. The van der Waals surface area contributed by atoms with Gasteiger partial charge >= 0.3 is 5.97 Å². The first kappa shape index (κ1) is 6.82. The minimum atomic E-state index is -0.759. The lowest BCUT2D eigenvalue weighted by Gasteiger charge is -1.84. The van der Waals surface area contributed by atoms with Gasteiger partial charge in [-0.15, -0.1) is 0 Å². The molecule has 0 aliphatic heterocycles. The zero-order chi connectivity index (χ0) is 5.70. The molecular formula is C4H7O2S. The largest absolute Gasteiger partial charge is 0.481 e. The molecule has 2 nitrogen and oxygen atoms in total. The Morgan fingerprint density at radius 2 is 2.29 bits per heavy atom. The highest BCUT2D eigenvalue weighted by Gasteiger charge is 1.91. The highest BCUT2D eigenvalue weighted by Crippen LogP contribution is 1.88. The molecule has 0 bridgehead atoms. The van der Waals surface area contributed by atoms with E-state index < -0.39 is 5.97 Å². The molecule has 7 heavy (non-hydrogen) atoms. The molecule has 0 saturated heterocycles. The fourth-order valence-electron chi connectivity index (χ4n) is 0.223. The van der Waals surface area contributed by atoms with E-state index >= 15 is 0 Å². The van der Waals surface area contributed by atoms with Crippen LogP contribution in [0.25, 0.3) is 0 Å². The van der Waals surface area contributed by atoms with Crippen molar-refractivity contribution in [2.75, 3.05) is 5.75 Å². The molecule has 0 fully saturated rings. The van der Waals surface area contributed by atoms with Crippen molar-refractivity contribution < 1.29 is 9.90 Å². The van der Waals surface area contributed by atoms with Crippen molar-refractivity contribution in [3.05, 3.63) is 0 Å². The molecule has 41 valence electrons. The normalized spacial score (nSPS) is 8.71. The van der Waals surface area contributed by atoms with Gasteiger partial charge in [-0.2, -0.15) is 0 Å². The summed E-state index contributed by atoms with van der Waals surface area (Å²) >= 11 is 4.51. The maximum Gasteiger partial charge on any atom is 0.303 e. The second kappa shape index (κ2) is 3.99. The van der Waals surface area contributed by atoms with Crippen molar-refractivity contribution in [2.45, 2.75) is 12.8 Å². The Labute approximate surface area is 47.9 Å². The second-order valence-electron chi connectivity index (χ2n) is 1.20. The SMILES string of the molecule is O=C(O)CCC[S]. The second-order valence-corrected chi connectivity index (χ2v) is 1.61. The van der Waals surface area contributed by atoms with Gasteiger partial charge in [-0.1, -0.05) is 12.6 Å². The van der Waals surface area contributed by atoms with Crippen LogP contribution >= 0.6 is 12.6 Å². The van der Waals surface area contributed by atoms with Gasteiger partial charge in [0.15, 0.2) is 0 Å². The van der Waals surface area contributed by atoms with Gasteiger partial charge in [0.05, 0.1) is 0 Å². The first-order valence-electron chi connectivity index (χ1n) is 2.07. The Balaban J connectivity index is 2.82. The maximum atomic E-state index is 9.71. The van der Waals surface area contributed by atoms with Gasteiger partial charge in [0.2, 0.25) is 0 Å². The zero-order valence-electron chi connectivity index (χ0n) is 3.89. The molecule has 0 spiro atoms. The molecule has 0 aliphatic rings. The van der Waals surface area contributed by atoms with Crippen molar-refractivity contribution in [1.82, 2.24) is 0 Å². The molecule has 0 rings (SSSR count). The smallest absolute Gasteiger partial charge is 0.303 e. The van der Waals surface area contributed by atoms with E-state index in [0.717, 1.165) is 0 Å². The Morgan fingerprint density at radius 1 is 1.71 bits per heavy atom. The van der Waals surface area contributed by atoms with E-state index in [0.29, 0.717) is 12.2 Å². The number of hydrogen-bond donors (Lipinski definition) is 1. The lowest BCUT2D eigenvalue weighted by atomic mass is 10.3. The van der Waals surface area contributed by atoms with E-state index in [2.05, 4.69) is 12.6 Å². The number of aliphatic carboxylic acids is 1. The molecule has 0 aliphatic carbocycles. The van der Waals surface area contributed by atoms with Gasteiger partial charge in [-0.25, -0.2) is 0 Å². The average Bonchev–Trinajstić information content (AvgIpc) is 1.61. The third kappa shape index (κ3) is 5.82. The van der Waals surface area contributed by atoms with Crippen LogP contribution in [-0.4, -0.2) is 16.8 Å². The fourth-order valence-corrected chi connectivity index (χ4v) is 0.368. The number of carboxylic acid groups (broad SMARTS) is 1. The van der Waals surface area contributed by atoms with Crippen molar-refractivity contribution in [2.24, 2.45) is 0 Å². The molecule has 0 saturated carbocycles. The number of carbonyl (C=O) groups is 1. The molecule has 1 N–H and O–H groups in total. The Kier molecular flexibility index (Phi) is 3.89. The first-order chi connectivity index (χ1) is 3.27. The van der Waals surface area contributed by atoms with Gasteiger partial charge in [0.25, 0.3) is 0 Å².